The Balaban J connectivity index is 1.83. The zero-order chi connectivity index (χ0) is 11.5. The van der Waals surface area contributed by atoms with Crippen molar-refractivity contribution in [2.45, 2.75) is 13.0 Å². The van der Waals surface area contributed by atoms with Crippen LogP contribution < -0.4 is 5.32 Å². The number of nitrogens with zero attached hydrogens (tertiary/aromatic N) is 3. The van der Waals surface area contributed by atoms with Crippen LogP contribution in [-0.2, 0) is 16.1 Å². The molecule has 0 spiro atoms. The van der Waals surface area contributed by atoms with Gasteiger partial charge in [-0.1, -0.05) is 0 Å². The Morgan fingerprint density at radius 1 is 1.75 bits per heavy atom. The van der Waals surface area contributed by atoms with Crippen LogP contribution in [0.3, 0.4) is 0 Å². The summed E-state index contributed by atoms with van der Waals surface area (Å²) in [6.45, 7) is 0.800. The highest BCUT2D eigenvalue weighted by Gasteiger charge is 2.31. The zero-order valence-electron chi connectivity index (χ0n) is 8.93. The van der Waals surface area contributed by atoms with Crippen molar-refractivity contribution in [2.75, 3.05) is 13.6 Å². The van der Waals surface area contributed by atoms with Crippen molar-refractivity contribution < 1.29 is 9.59 Å². The summed E-state index contributed by atoms with van der Waals surface area (Å²) >= 11 is 0. The maximum absolute atomic E-state index is 11.7. The number of amides is 2. The lowest BCUT2D eigenvalue weighted by Crippen LogP contribution is -2.32. The van der Waals surface area contributed by atoms with E-state index in [1.165, 1.54) is 6.33 Å². The highest BCUT2D eigenvalue weighted by Crippen LogP contribution is 2.15. The van der Waals surface area contributed by atoms with Gasteiger partial charge in [0.15, 0.2) is 0 Å². The lowest BCUT2D eigenvalue weighted by molar-refractivity contribution is -0.128. The lowest BCUT2D eigenvalue weighted by Gasteiger charge is -2.09. The molecule has 2 amide bonds. The highest BCUT2D eigenvalue weighted by molar-refractivity contribution is 5.88. The summed E-state index contributed by atoms with van der Waals surface area (Å²) in [7, 11) is 1.70. The first-order chi connectivity index (χ1) is 7.66. The fourth-order valence-electron chi connectivity index (χ4n) is 1.67. The van der Waals surface area contributed by atoms with E-state index in [-0.39, 0.29) is 17.7 Å². The van der Waals surface area contributed by atoms with E-state index in [1.54, 1.807) is 11.9 Å². The summed E-state index contributed by atoms with van der Waals surface area (Å²) < 4.78 is 0. The van der Waals surface area contributed by atoms with Crippen LogP contribution in [-0.4, -0.2) is 45.5 Å². The molecule has 86 valence electrons. The largest absolute Gasteiger partial charge is 0.349 e. The number of H-pyrrole nitrogens is 1. The number of carbonyl (C=O) groups excluding carboxylic acids is 2. The van der Waals surface area contributed by atoms with E-state index in [0.29, 0.717) is 25.3 Å². The number of carbonyl (C=O) groups is 2. The van der Waals surface area contributed by atoms with Crippen LogP contribution in [0.2, 0.25) is 0 Å². The fourth-order valence-corrected chi connectivity index (χ4v) is 1.67. The Kier molecular flexibility index (Phi) is 2.84. The SMILES string of the molecule is CN1CC(C(=O)NCc2ncn[nH]2)CC1=O. The average molecular weight is 223 g/mol. The van der Waals surface area contributed by atoms with E-state index in [0.717, 1.165) is 0 Å². The van der Waals surface area contributed by atoms with Gasteiger partial charge in [-0.2, -0.15) is 5.10 Å². The predicted octanol–water partition coefficient (Wildman–Crippen LogP) is -1.10. The minimum atomic E-state index is -0.250. The van der Waals surface area contributed by atoms with Crippen molar-refractivity contribution in [2.24, 2.45) is 5.92 Å². The summed E-state index contributed by atoms with van der Waals surface area (Å²) in [6, 6.07) is 0. The third-order valence-electron chi connectivity index (χ3n) is 2.61. The van der Waals surface area contributed by atoms with Gasteiger partial charge in [-0.05, 0) is 0 Å². The first-order valence-corrected chi connectivity index (χ1v) is 5.02. The molecular formula is C9H13N5O2. The van der Waals surface area contributed by atoms with Gasteiger partial charge in [0.2, 0.25) is 11.8 Å². The minimum Gasteiger partial charge on any atom is -0.349 e. The van der Waals surface area contributed by atoms with E-state index in [2.05, 4.69) is 20.5 Å². The van der Waals surface area contributed by atoms with Crippen LogP contribution in [0.15, 0.2) is 6.33 Å². The third-order valence-corrected chi connectivity index (χ3v) is 2.61. The van der Waals surface area contributed by atoms with Crippen LogP contribution >= 0.6 is 0 Å². The smallest absolute Gasteiger partial charge is 0.225 e. The Hall–Kier alpha value is -1.92. The van der Waals surface area contributed by atoms with Crippen LogP contribution in [0, 0.1) is 5.92 Å². The Morgan fingerprint density at radius 3 is 3.12 bits per heavy atom. The van der Waals surface area contributed by atoms with E-state index < -0.39 is 0 Å². The van der Waals surface area contributed by atoms with Crippen molar-refractivity contribution in [3.8, 4) is 0 Å². The van der Waals surface area contributed by atoms with Gasteiger partial charge in [0.05, 0.1) is 12.5 Å². The number of nitrogens with one attached hydrogen (secondary N) is 2. The van der Waals surface area contributed by atoms with Gasteiger partial charge in [-0.15, -0.1) is 0 Å². The first kappa shape index (κ1) is 10.6. The summed E-state index contributed by atoms with van der Waals surface area (Å²) in [4.78, 5) is 28.4. The van der Waals surface area contributed by atoms with Crippen LogP contribution in [0.5, 0.6) is 0 Å². The standard InChI is InChI=1S/C9H13N5O2/c1-14-4-6(2-8(14)15)9(16)10-3-7-11-5-12-13-7/h5-6H,2-4H2,1H3,(H,10,16)(H,11,12,13). The molecule has 7 heteroatoms. The molecule has 7 nitrogen and oxygen atoms in total. The molecule has 0 saturated carbocycles. The highest BCUT2D eigenvalue weighted by atomic mass is 16.2. The van der Waals surface area contributed by atoms with Gasteiger partial charge in [0, 0.05) is 20.0 Å². The number of likely N-dealkylation sites (tertiary alicyclic amines) is 1. The molecule has 0 aromatic carbocycles. The molecule has 1 unspecified atom stereocenters. The maximum atomic E-state index is 11.7. The lowest BCUT2D eigenvalue weighted by atomic mass is 10.1. The minimum absolute atomic E-state index is 0.0137. The molecule has 2 rings (SSSR count). The molecule has 1 saturated heterocycles. The van der Waals surface area contributed by atoms with Crippen LogP contribution in [0.1, 0.15) is 12.2 Å². The van der Waals surface area contributed by atoms with Crippen molar-refractivity contribution >= 4 is 11.8 Å². The number of hydrogen-bond donors (Lipinski definition) is 2. The normalized spacial score (nSPS) is 20.2. The number of rotatable bonds is 3. The van der Waals surface area contributed by atoms with Crippen molar-refractivity contribution in [3.05, 3.63) is 12.2 Å². The molecule has 2 heterocycles. The summed E-state index contributed by atoms with van der Waals surface area (Å²) in [5, 5.41) is 9.04. The molecule has 1 fully saturated rings. The molecule has 0 bridgehead atoms. The fraction of sp³-hybridized carbons (Fsp3) is 0.556. The van der Waals surface area contributed by atoms with E-state index >= 15 is 0 Å². The molecule has 1 aliphatic rings. The van der Waals surface area contributed by atoms with Crippen molar-refractivity contribution in [1.29, 1.82) is 0 Å². The molecule has 16 heavy (non-hydrogen) atoms. The molecule has 1 aliphatic heterocycles. The predicted molar refractivity (Wildman–Crippen MR) is 54.0 cm³/mol. The van der Waals surface area contributed by atoms with E-state index in [1.807, 2.05) is 0 Å². The number of aromatic amines is 1. The molecule has 1 aromatic heterocycles. The zero-order valence-corrected chi connectivity index (χ0v) is 8.93. The van der Waals surface area contributed by atoms with Gasteiger partial charge in [0.1, 0.15) is 12.2 Å². The molecular weight excluding hydrogens is 210 g/mol. The average Bonchev–Trinajstić information content (AvgIpc) is 2.86. The number of aromatic nitrogens is 3. The Bertz CT molecular complexity index is 389. The first-order valence-electron chi connectivity index (χ1n) is 5.02. The molecule has 0 radical (unpaired) electrons. The maximum Gasteiger partial charge on any atom is 0.225 e. The van der Waals surface area contributed by atoms with Crippen molar-refractivity contribution in [1.82, 2.24) is 25.4 Å². The van der Waals surface area contributed by atoms with Gasteiger partial charge < -0.3 is 10.2 Å². The van der Waals surface area contributed by atoms with E-state index in [9.17, 15) is 9.59 Å². The monoisotopic (exact) mass is 223 g/mol. The number of hydrogen-bond acceptors (Lipinski definition) is 4. The second kappa shape index (κ2) is 4.30. The van der Waals surface area contributed by atoms with E-state index in [4.69, 9.17) is 0 Å². The molecule has 1 atom stereocenters. The van der Waals surface area contributed by atoms with Crippen molar-refractivity contribution in [3.63, 3.8) is 0 Å². The van der Waals surface area contributed by atoms with Gasteiger partial charge in [-0.25, -0.2) is 4.98 Å². The van der Waals surface area contributed by atoms with Gasteiger partial charge >= 0.3 is 0 Å². The molecule has 2 N–H and O–H groups in total. The quantitative estimate of drug-likeness (QED) is 0.680. The topological polar surface area (TPSA) is 91.0 Å². The third kappa shape index (κ3) is 2.18. The molecule has 1 aromatic rings. The summed E-state index contributed by atoms with van der Waals surface area (Å²) in [5.74, 6) is 0.250. The summed E-state index contributed by atoms with van der Waals surface area (Å²) in [6.07, 6.45) is 1.67. The van der Waals surface area contributed by atoms with Crippen LogP contribution in [0.25, 0.3) is 0 Å². The Morgan fingerprint density at radius 2 is 2.56 bits per heavy atom. The van der Waals surface area contributed by atoms with Gasteiger partial charge in [0.25, 0.3) is 0 Å². The Labute approximate surface area is 92.2 Å². The van der Waals surface area contributed by atoms with Crippen LogP contribution in [0.4, 0.5) is 0 Å². The summed E-state index contributed by atoms with van der Waals surface area (Å²) in [5.41, 5.74) is 0. The second-order valence-electron chi connectivity index (χ2n) is 3.83. The van der Waals surface area contributed by atoms with Gasteiger partial charge in [-0.3, -0.25) is 14.7 Å². The second-order valence-corrected chi connectivity index (χ2v) is 3.83. The molecule has 0 aliphatic carbocycles.